The number of nitrogens with zero attached hydrogens (tertiary/aromatic N) is 2. The number of carbonyl (C=O) groups is 1. The molecule has 1 amide bonds. The number of alkyl halides is 3. The molecule has 2 N–H and O–H groups in total. The summed E-state index contributed by atoms with van der Waals surface area (Å²) in [5.74, 6) is -0.793. The van der Waals surface area contributed by atoms with Crippen LogP contribution in [0, 0.1) is 6.92 Å². The summed E-state index contributed by atoms with van der Waals surface area (Å²) in [4.78, 5) is 13.9. The van der Waals surface area contributed by atoms with E-state index in [9.17, 15) is 23.1 Å². The molecular formula is C20H20F3N3O3. The fraction of sp³-hybridized carbons (Fsp3) is 0.300. The first kappa shape index (κ1) is 20.7. The largest absolute Gasteiger partial charge is 0.490 e. The fourth-order valence-corrected chi connectivity index (χ4v) is 2.94. The number of carbonyl (C=O) groups excluding carboxylic acids is 1. The Bertz CT molecular complexity index is 1020. The van der Waals surface area contributed by atoms with Crippen molar-refractivity contribution in [3.05, 3.63) is 59.3 Å². The average molecular weight is 407 g/mol. The molecule has 0 bridgehead atoms. The maximum Gasteiger partial charge on any atom is 0.419 e. The smallest absolute Gasteiger partial charge is 0.419 e. The molecule has 0 spiro atoms. The molecular weight excluding hydrogens is 387 g/mol. The molecule has 3 rings (SSSR count). The maximum absolute atomic E-state index is 13.0. The van der Waals surface area contributed by atoms with Crippen LogP contribution in [0.15, 0.2) is 42.5 Å². The van der Waals surface area contributed by atoms with Crippen molar-refractivity contribution >= 4 is 16.8 Å². The van der Waals surface area contributed by atoms with Crippen LogP contribution in [0.1, 0.15) is 21.6 Å². The van der Waals surface area contributed by atoms with Crippen molar-refractivity contribution in [3.8, 4) is 5.75 Å². The maximum atomic E-state index is 13.0. The van der Waals surface area contributed by atoms with Crippen LogP contribution in [0.25, 0.3) is 10.9 Å². The zero-order valence-electron chi connectivity index (χ0n) is 15.8. The first-order valence-corrected chi connectivity index (χ1v) is 8.84. The second kappa shape index (κ2) is 8.12. The number of rotatable bonds is 6. The number of fused-ring (bicyclic) bond motifs is 1. The van der Waals surface area contributed by atoms with Crippen LogP contribution in [0.2, 0.25) is 0 Å². The first-order chi connectivity index (χ1) is 13.7. The van der Waals surface area contributed by atoms with Crippen LogP contribution in [-0.2, 0) is 6.18 Å². The van der Waals surface area contributed by atoms with Gasteiger partial charge in [-0.15, -0.1) is 0 Å². The number of hydrogen-bond donors (Lipinski definition) is 2. The highest BCUT2D eigenvalue weighted by atomic mass is 19.4. The zero-order valence-corrected chi connectivity index (χ0v) is 15.8. The zero-order chi connectivity index (χ0) is 21.2. The van der Waals surface area contributed by atoms with Gasteiger partial charge >= 0.3 is 6.18 Å². The Labute approximate surface area is 164 Å². The number of aliphatic hydroxyl groups is 1. The van der Waals surface area contributed by atoms with E-state index in [0.29, 0.717) is 10.9 Å². The van der Waals surface area contributed by atoms with Gasteiger partial charge in [0.05, 0.1) is 11.1 Å². The molecule has 29 heavy (non-hydrogen) atoms. The molecule has 6 nitrogen and oxygen atoms in total. The molecule has 0 saturated heterocycles. The van der Waals surface area contributed by atoms with Crippen molar-refractivity contribution in [2.24, 2.45) is 0 Å². The van der Waals surface area contributed by atoms with E-state index >= 15 is 0 Å². The van der Waals surface area contributed by atoms with Gasteiger partial charge in [-0.2, -0.15) is 18.3 Å². The van der Waals surface area contributed by atoms with E-state index in [1.165, 1.54) is 30.1 Å². The lowest BCUT2D eigenvalue weighted by Crippen LogP contribution is -2.37. The van der Waals surface area contributed by atoms with Crippen LogP contribution in [0.3, 0.4) is 0 Å². The van der Waals surface area contributed by atoms with E-state index in [1.54, 1.807) is 0 Å². The summed E-state index contributed by atoms with van der Waals surface area (Å²) in [5.41, 5.74) is 0.962. The quantitative estimate of drug-likeness (QED) is 0.657. The van der Waals surface area contributed by atoms with E-state index < -0.39 is 30.4 Å². The fourth-order valence-electron chi connectivity index (χ4n) is 2.94. The van der Waals surface area contributed by atoms with E-state index in [0.717, 1.165) is 11.6 Å². The Morgan fingerprint density at radius 3 is 2.72 bits per heavy atom. The molecule has 0 aliphatic heterocycles. The molecule has 0 fully saturated rings. The topological polar surface area (TPSA) is 78.5 Å². The van der Waals surface area contributed by atoms with Gasteiger partial charge in [-0.3, -0.25) is 9.89 Å². The normalized spacial score (nSPS) is 12.8. The van der Waals surface area contributed by atoms with Crippen molar-refractivity contribution in [3.63, 3.8) is 0 Å². The highest BCUT2D eigenvalue weighted by Gasteiger charge is 2.34. The van der Waals surface area contributed by atoms with Crippen LogP contribution in [0.4, 0.5) is 13.2 Å². The number of halogens is 3. The van der Waals surface area contributed by atoms with Crippen LogP contribution in [0.5, 0.6) is 5.75 Å². The van der Waals surface area contributed by atoms with Gasteiger partial charge in [-0.1, -0.05) is 23.8 Å². The Morgan fingerprint density at radius 2 is 2.00 bits per heavy atom. The third-order valence-corrected chi connectivity index (χ3v) is 4.38. The lowest BCUT2D eigenvalue weighted by atomic mass is 10.1. The number of hydrogen-bond acceptors (Lipinski definition) is 4. The molecule has 1 aromatic heterocycles. The van der Waals surface area contributed by atoms with Crippen molar-refractivity contribution in [2.75, 3.05) is 20.2 Å². The molecule has 0 saturated carbocycles. The van der Waals surface area contributed by atoms with Crippen molar-refractivity contribution in [1.29, 1.82) is 0 Å². The number of aromatic nitrogens is 2. The lowest BCUT2D eigenvalue weighted by Gasteiger charge is -2.21. The number of likely N-dealkylation sites (N-methyl/N-ethyl adjacent to an activating group) is 1. The number of ether oxygens (including phenoxy) is 1. The van der Waals surface area contributed by atoms with Crippen LogP contribution >= 0.6 is 0 Å². The molecule has 0 radical (unpaired) electrons. The molecule has 0 unspecified atom stereocenters. The Hall–Kier alpha value is -3.07. The van der Waals surface area contributed by atoms with Crippen molar-refractivity contribution in [1.82, 2.24) is 15.1 Å². The number of H-pyrrole nitrogens is 1. The van der Waals surface area contributed by atoms with Gasteiger partial charge in [-0.25, -0.2) is 0 Å². The number of para-hydroxylation sites is 1. The number of aromatic amines is 1. The average Bonchev–Trinajstić information content (AvgIpc) is 3.08. The predicted molar refractivity (Wildman–Crippen MR) is 101 cm³/mol. The highest BCUT2D eigenvalue weighted by molar-refractivity contribution is 6.04. The van der Waals surface area contributed by atoms with Gasteiger partial charge in [0.2, 0.25) is 0 Å². The second-order valence-corrected chi connectivity index (χ2v) is 6.77. The summed E-state index contributed by atoms with van der Waals surface area (Å²) < 4.78 is 44.1. The standard InChI is InChI=1S/C20H20F3N3O3/c1-12-7-8-16-14(9-12)18(25-24-16)19(28)26(2)10-13(27)11-29-17-6-4-3-5-15(17)20(21,22)23/h3-9,13,27H,10-11H2,1-2H3,(H,24,25)/t13-/m1/s1. The van der Waals surface area contributed by atoms with E-state index in [-0.39, 0.29) is 18.0 Å². The minimum Gasteiger partial charge on any atom is -0.490 e. The third-order valence-electron chi connectivity index (χ3n) is 4.38. The number of aliphatic hydroxyl groups excluding tert-OH is 1. The van der Waals surface area contributed by atoms with Gasteiger partial charge in [0.1, 0.15) is 18.5 Å². The SMILES string of the molecule is Cc1ccc2[nH]nc(C(=O)N(C)C[C@@H](O)COc3ccccc3C(F)(F)F)c2c1. The van der Waals surface area contributed by atoms with Gasteiger partial charge in [-0.05, 0) is 31.2 Å². The first-order valence-electron chi connectivity index (χ1n) is 8.84. The minimum atomic E-state index is -4.56. The van der Waals surface area contributed by atoms with E-state index in [4.69, 9.17) is 4.74 Å². The summed E-state index contributed by atoms with van der Waals surface area (Å²) in [6.45, 7) is 1.36. The molecule has 0 aliphatic carbocycles. The summed E-state index contributed by atoms with van der Waals surface area (Å²) in [5, 5.41) is 17.6. The molecule has 2 aromatic carbocycles. The van der Waals surface area contributed by atoms with E-state index in [2.05, 4.69) is 10.2 Å². The molecule has 1 heterocycles. The number of nitrogens with one attached hydrogen (secondary N) is 1. The highest BCUT2D eigenvalue weighted by Crippen LogP contribution is 2.35. The minimum absolute atomic E-state index is 0.132. The Morgan fingerprint density at radius 1 is 1.28 bits per heavy atom. The van der Waals surface area contributed by atoms with Crippen molar-refractivity contribution in [2.45, 2.75) is 19.2 Å². The summed E-state index contributed by atoms with van der Waals surface area (Å²) in [7, 11) is 1.48. The molecule has 154 valence electrons. The Kier molecular flexibility index (Phi) is 5.78. The molecule has 0 aliphatic rings. The number of amides is 1. The number of benzene rings is 2. The van der Waals surface area contributed by atoms with Crippen LogP contribution < -0.4 is 4.74 Å². The summed E-state index contributed by atoms with van der Waals surface area (Å²) in [6, 6.07) is 10.3. The van der Waals surface area contributed by atoms with Gasteiger partial charge in [0.25, 0.3) is 5.91 Å². The predicted octanol–water partition coefficient (Wildman–Crippen LogP) is 3.40. The molecule has 9 heteroatoms. The monoisotopic (exact) mass is 407 g/mol. The summed E-state index contributed by atoms with van der Waals surface area (Å²) >= 11 is 0. The van der Waals surface area contributed by atoms with Crippen molar-refractivity contribution < 1.29 is 27.8 Å². The molecule has 3 aromatic rings. The third kappa shape index (κ3) is 4.68. The van der Waals surface area contributed by atoms with E-state index in [1.807, 2.05) is 25.1 Å². The summed E-state index contributed by atoms with van der Waals surface area (Å²) in [6.07, 6.45) is -5.75. The van der Waals surface area contributed by atoms with Gasteiger partial charge in [0.15, 0.2) is 5.69 Å². The lowest BCUT2D eigenvalue weighted by molar-refractivity contribution is -0.139. The number of aryl methyl sites for hydroxylation is 1. The van der Waals surface area contributed by atoms with Crippen LogP contribution in [-0.4, -0.2) is 52.4 Å². The Balaban J connectivity index is 1.64. The van der Waals surface area contributed by atoms with Gasteiger partial charge < -0.3 is 14.7 Å². The molecule has 1 atom stereocenters. The van der Waals surface area contributed by atoms with Gasteiger partial charge in [0, 0.05) is 19.0 Å². The second-order valence-electron chi connectivity index (χ2n) is 6.77.